The van der Waals surface area contributed by atoms with Crippen molar-refractivity contribution in [1.82, 2.24) is 9.03 Å². The number of morpholine rings is 1. The van der Waals surface area contributed by atoms with Crippen LogP contribution in [0.2, 0.25) is 0 Å². The molecule has 110 valence electrons. The molecule has 1 fully saturated rings. The first-order valence-corrected chi connectivity index (χ1v) is 8.54. The number of hydrogen-bond acceptors (Lipinski definition) is 3. The van der Waals surface area contributed by atoms with Gasteiger partial charge in [0.1, 0.15) is 0 Å². The van der Waals surface area contributed by atoms with Crippen molar-refractivity contribution < 1.29 is 13.2 Å². The Labute approximate surface area is 120 Å². The van der Waals surface area contributed by atoms with E-state index in [2.05, 4.69) is 10.8 Å². The number of rotatable bonds is 3. The van der Waals surface area contributed by atoms with Gasteiger partial charge >= 0.3 is 0 Å². The van der Waals surface area contributed by atoms with Crippen LogP contribution in [0, 0.1) is 0 Å². The molecule has 0 spiro atoms. The summed E-state index contributed by atoms with van der Waals surface area (Å²) >= 11 is 0. The van der Waals surface area contributed by atoms with Crippen molar-refractivity contribution in [3.05, 3.63) is 35.4 Å². The maximum Gasteiger partial charge on any atom is 0.280 e. The third kappa shape index (κ3) is 2.88. The van der Waals surface area contributed by atoms with E-state index in [1.165, 1.54) is 9.87 Å². The third-order valence-corrected chi connectivity index (χ3v) is 5.60. The Balaban J connectivity index is 1.78. The summed E-state index contributed by atoms with van der Waals surface area (Å²) in [5, 5.41) is 0. The molecule has 1 unspecified atom stereocenters. The number of aryl methyl sites for hydroxylation is 1. The lowest BCUT2D eigenvalue weighted by Crippen LogP contribution is -2.47. The number of nitrogens with one attached hydrogen (secondary N) is 1. The number of benzene rings is 1. The van der Waals surface area contributed by atoms with Gasteiger partial charge in [0.05, 0.1) is 13.2 Å². The van der Waals surface area contributed by atoms with Gasteiger partial charge in [0.2, 0.25) is 0 Å². The fourth-order valence-electron chi connectivity index (χ4n) is 2.92. The fraction of sp³-hybridized carbons (Fsp3) is 0.571. The molecule has 1 aliphatic carbocycles. The van der Waals surface area contributed by atoms with E-state index < -0.39 is 10.2 Å². The van der Waals surface area contributed by atoms with E-state index in [9.17, 15) is 8.42 Å². The van der Waals surface area contributed by atoms with Gasteiger partial charge in [-0.25, -0.2) is 0 Å². The Kier molecular flexibility index (Phi) is 4.07. The van der Waals surface area contributed by atoms with Crippen molar-refractivity contribution >= 4 is 10.2 Å². The van der Waals surface area contributed by atoms with Crippen molar-refractivity contribution in [2.24, 2.45) is 0 Å². The molecule has 1 N–H and O–H groups in total. The smallest absolute Gasteiger partial charge is 0.280 e. The van der Waals surface area contributed by atoms with E-state index >= 15 is 0 Å². The minimum absolute atomic E-state index is 0.104. The molecule has 0 saturated carbocycles. The zero-order valence-corrected chi connectivity index (χ0v) is 12.2. The molecule has 20 heavy (non-hydrogen) atoms. The second kappa shape index (κ2) is 5.81. The molecule has 1 heterocycles. The largest absolute Gasteiger partial charge is 0.379 e. The molecule has 2 aliphatic rings. The molecule has 1 saturated heterocycles. The Morgan fingerprint density at radius 2 is 1.95 bits per heavy atom. The minimum atomic E-state index is -3.42. The lowest BCUT2D eigenvalue weighted by molar-refractivity contribution is 0.0722. The van der Waals surface area contributed by atoms with Crippen LogP contribution in [0.15, 0.2) is 24.3 Å². The standard InChI is InChI=1S/C14H20N2O3S/c17-20(18,16-8-10-19-11-9-16)15-14-7-3-5-12-4-1-2-6-13(12)14/h1-2,4,6,14-15H,3,5,7-11H2. The van der Waals surface area contributed by atoms with Crippen molar-refractivity contribution in [2.45, 2.75) is 25.3 Å². The van der Waals surface area contributed by atoms with E-state index in [-0.39, 0.29) is 6.04 Å². The quantitative estimate of drug-likeness (QED) is 0.912. The maximum atomic E-state index is 12.4. The summed E-state index contributed by atoms with van der Waals surface area (Å²) in [6, 6.07) is 8.00. The topological polar surface area (TPSA) is 58.6 Å². The predicted octanol–water partition coefficient (Wildman–Crippen LogP) is 1.23. The summed E-state index contributed by atoms with van der Waals surface area (Å²) in [5.74, 6) is 0. The summed E-state index contributed by atoms with van der Waals surface area (Å²) < 4.78 is 34.4. The van der Waals surface area contributed by atoms with Gasteiger partial charge in [-0.3, -0.25) is 0 Å². The summed E-state index contributed by atoms with van der Waals surface area (Å²) in [4.78, 5) is 0. The monoisotopic (exact) mass is 296 g/mol. The maximum absolute atomic E-state index is 12.4. The highest BCUT2D eigenvalue weighted by Gasteiger charge is 2.29. The highest BCUT2D eigenvalue weighted by molar-refractivity contribution is 7.87. The molecule has 1 aliphatic heterocycles. The zero-order chi connectivity index (χ0) is 14.0. The lowest BCUT2D eigenvalue weighted by Gasteiger charge is -2.31. The summed E-state index contributed by atoms with van der Waals surface area (Å²) in [5.41, 5.74) is 2.38. The van der Waals surface area contributed by atoms with Crippen LogP contribution in [0.25, 0.3) is 0 Å². The van der Waals surface area contributed by atoms with E-state index in [0.29, 0.717) is 26.3 Å². The molecule has 6 heteroatoms. The Morgan fingerprint density at radius 3 is 2.75 bits per heavy atom. The highest BCUT2D eigenvalue weighted by Crippen LogP contribution is 2.30. The van der Waals surface area contributed by atoms with Crippen LogP contribution in [0.4, 0.5) is 0 Å². The molecular weight excluding hydrogens is 276 g/mol. The van der Waals surface area contributed by atoms with Gasteiger partial charge < -0.3 is 4.74 Å². The molecule has 0 amide bonds. The zero-order valence-electron chi connectivity index (χ0n) is 11.4. The number of ether oxygens (including phenoxy) is 1. The molecule has 5 nitrogen and oxygen atoms in total. The van der Waals surface area contributed by atoms with Crippen LogP contribution in [-0.4, -0.2) is 39.0 Å². The van der Waals surface area contributed by atoms with Crippen molar-refractivity contribution in [1.29, 1.82) is 0 Å². The van der Waals surface area contributed by atoms with Crippen LogP contribution < -0.4 is 4.72 Å². The average molecular weight is 296 g/mol. The van der Waals surface area contributed by atoms with Gasteiger partial charge in [0.25, 0.3) is 10.2 Å². The summed E-state index contributed by atoms with van der Waals surface area (Å²) in [6.07, 6.45) is 2.92. The molecular formula is C14H20N2O3S. The van der Waals surface area contributed by atoms with Crippen LogP contribution in [0.1, 0.15) is 30.0 Å². The molecule has 1 aromatic carbocycles. The first-order chi connectivity index (χ1) is 9.67. The highest BCUT2D eigenvalue weighted by atomic mass is 32.2. The van der Waals surface area contributed by atoms with Gasteiger partial charge in [-0.05, 0) is 30.4 Å². The van der Waals surface area contributed by atoms with E-state index in [1.807, 2.05) is 18.2 Å². The van der Waals surface area contributed by atoms with Gasteiger partial charge in [-0.15, -0.1) is 0 Å². The molecule has 3 rings (SSSR count). The van der Waals surface area contributed by atoms with Gasteiger partial charge in [0, 0.05) is 19.1 Å². The van der Waals surface area contributed by atoms with Crippen LogP contribution in [0.3, 0.4) is 0 Å². The average Bonchev–Trinajstić information content (AvgIpc) is 2.48. The second-order valence-corrected chi connectivity index (χ2v) is 6.98. The molecule has 1 atom stereocenters. The number of fused-ring (bicyclic) bond motifs is 1. The van der Waals surface area contributed by atoms with E-state index in [4.69, 9.17) is 4.74 Å². The number of nitrogens with zero attached hydrogens (tertiary/aromatic N) is 1. The first kappa shape index (κ1) is 14.0. The van der Waals surface area contributed by atoms with Crippen LogP contribution in [0.5, 0.6) is 0 Å². The van der Waals surface area contributed by atoms with Crippen molar-refractivity contribution in [3.63, 3.8) is 0 Å². The van der Waals surface area contributed by atoms with Crippen molar-refractivity contribution in [2.75, 3.05) is 26.3 Å². The van der Waals surface area contributed by atoms with Crippen molar-refractivity contribution in [3.8, 4) is 0 Å². The van der Waals surface area contributed by atoms with Gasteiger partial charge in [-0.2, -0.15) is 17.4 Å². The molecule has 0 bridgehead atoms. The van der Waals surface area contributed by atoms with Crippen LogP contribution >= 0.6 is 0 Å². The van der Waals surface area contributed by atoms with E-state index in [1.54, 1.807) is 0 Å². The molecule has 0 radical (unpaired) electrons. The fourth-order valence-corrected chi connectivity index (χ4v) is 4.30. The summed E-state index contributed by atoms with van der Waals surface area (Å²) in [6.45, 7) is 1.82. The third-order valence-electron chi connectivity index (χ3n) is 3.97. The Hall–Kier alpha value is -0.950. The summed E-state index contributed by atoms with van der Waals surface area (Å²) in [7, 11) is -3.42. The first-order valence-electron chi connectivity index (χ1n) is 7.10. The number of hydrogen-bond donors (Lipinski definition) is 1. The van der Waals surface area contributed by atoms with Gasteiger partial charge in [0.15, 0.2) is 0 Å². The van der Waals surface area contributed by atoms with E-state index in [0.717, 1.165) is 24.8 Å². The Bertz CT molecular complexity index is 568. The minimum Gasteiger partial charge on any atom is -0.379 e. The van der Waals surface area contributed by atoms with Gasteiger partial charge in [-0.1, -0.05) is 24.3 Å². The lowest BCUT2D eigenvalue weighted by atomic mass is 9.88. The molecule has 1 aromatic rings. The predicted molar refractivity (Wildman–Crippen MR) is 76.6 cm³/mol. The normalized spacial score (nSPS) is 24.3. The second-order valence-electron chi connectivity index (χ2n) is 5.28. The molecule has 0 aromatic heterocycles. The SMILES string of the molecule is O=S(=O)(NC1CCCc2ccccc21)N1CCOCC1. The Morgan fingerprint density at radius 1 is 1.20 bits per heavy atom. The van der Waals surface area contributed by atoms with Crippen LogP contribution in [-0.2, 0) is 21.4 Å².